The minimum atomic E-state index is -1.02. The minimum Gasteiger partial charge on any atom is -0.487 e. The molecule has 4 nitrogen and oxygen atoms in total. The van der Waals surface area contributed by atoms with Crippen LogP contribution in [0.5, 0.6) is 0 Å². The topological polar surface area (TPSA) is 66.8 Å². The molecule has 0 aliphatic heterocycles. The summed E-state index contributed by atoms with van der Waals surface area (Å²) < 4.78 is 4.65. The Kier molecular flexibility index (Phi) is 4.32. The van der Waals surface area contributed by atoms with Crippen molar-refractivity contribution in [2.24, 2.45) is 0 Å². The highest BCUT2D eigenvalue weighted by molar-refractivity contribution is 5.68. The molecule has 0 aromatic heterocycles. The smallest absolute Gasteiger partial charge is 0.341 e. The quantitative estimate of drug-likeness (QED) is 0.547. The zero-order valence-corrected chi connectivity index (χ0v) is 5.70. The first-order valence-electron chi connectivity index (χ1n) is 2.79. The van der Waals surface area contributed by atoms with E-state index >= 15 is 0 Å². The molecule has 0 bridgehead atoms. The normalized spacial score (nSPS) is 11.2. The van der Waals surface area contributed by atoms with Crippen molar-refractivity contribution in [2.75, 3.05) is 13.2 Å². The van der Waals surface area contributed by atoms with Crippen molar-refractivity contribution in [3.8, 4) is 0 Å². The van der Waals surface area contributed by atoms with Gasteiger partial charge in [0.05, 0.1) is 12.4 Å². The lowest BCUT2D eigenvalue weighted by Crippen LogP contribution is -2.05. The summed E-state index contributed by atoms with van der Waals surface area (Å²) in [4.78, 5) is 9.89. The maximum absolute atomic E-state index is 9.89. The van der Waals surface area contributed by atoms with Gasteiger partial charge in [0.25, 0.3) is 0 Å². The van der Waals surface area contributed by atoms with Crippen molar-refractivity contribution in [1.29, 1.82) is 0 Å². The first-order chi connectivity index (χ1) is 4.66. The Balaban J connectivity index is 3.48. The van der Waals surface area contributed by atoms with Gasteiger partial charge in [0.2, 0.25) is 0 Å². The molecule has 2 N–H and O–H groups in total. The maximum Gasteiger partial charge on any atom is 0.341 e. The SMILES string of the molecule is C/C(=C\CO)OCC(=O)O. The largest absolute Gasteiger partial charge is 0.487 e. The van der Waals surface area contributed by atoms with Crippen LogP contribution in [0.2, 0.25) is 0 Å². The molecule has 10 heavy (non-hydrogen) atoms. The van der Waals surface area contributed by atoms with Crippen LogP contribution in [-0.4, -0.2) is 29.4 Å². The molecule has 0 heterocycles. The number of hydrogen-bond acceptors (Lipinski definition) is 3. The van der Waals surface area contributed by atoms with Gasteiger partial charge in [0, 0.05) is 0 Å². The Labute approximate surface area is 58.7 Å². The molecule has 0 fully saturated rings. The van der Waals surface area contributed by atoms with Crippen molar-refractivity contribution < 1.29 is 19.7 Å². The second-order valence-electron chi connectivity index (χ2n) is 1.68. The first-order valence-corrected chi connectivity index (χ1v) is 2.79. The fourth-order valence-corrected chi connectivity index (χ4v) is 0.363. The molecular formula is C6H10O4. The number of hydrogen-bond donors (Lipinski definition) is 2. The van der Waals surface area contributed by atoms with Gasteiger partial charge in [-0.05, 0) is 13.0 Å². The van der Waals surface area contributed by atoms with Gasteiger partial charge < -0.3 is 14.9 Å². The van der Waals surface area contributed by atoms with Gasteiger partial charge >= 0.3 is 5.97 Å². The predicted octanol–water partition coefficient (Wildman–Crippen LogP) is -0.0163. The van der Waals surface area contributed by atoms with E-state index in [1.165, 1.54) is 6.08 Å². The van der Waals surface area contributed by atoms with E-state index < -0.39 is 5.97 Å². The molecule has 0 rings (SSSR count). The van der Waals surface area contributed by atoms with Crippen LogP contribution in [0.1, 0.15) is 6.92 Å². The summed E-state index contributed by atoms with van der Waals surface area (Å²) in [5.41, 5.74) is 0. The third kappa shape index (κ3) is 5.11. The number of rotatable bonds is 4. The molecule has 0 aliphatic rings. The van der Waals surface area contributed by atoms with Crippen molar-refractivity contribution in [3.05, 3.63) is 11.8 Å². The van der Waals surface area contributed by atoms with Crippen LogP contribution < -0.4 is 0 Å². The molecule has 4 heteroatoms. The molecule has 0 radical (unpaired) electrons. The van der Waals surface area contributed by atoms with E-state index in [2.05, 4.69) is 4.74 Å². The number of aliphatic carboxylic acids is 1. The van der Waals surface area contributed by atoms with Crippen molar-refractivity contribution >= 4 is 5.97 Å². The van der Waals surface area contributed by atoms with E-state index in [4.69, 9.17) is 10.2 Å². The third-order valence-corrected chi connectivity index (χ3v) is 0.802. The maximum atomic E-state index is 9.89. The van der Waals surface area contributed by atoms with Crippen LogP contribution in [0.3, 0.4) is 0 Å². The Morgan fingerprint density at radius 2 is 2.30 bits per heavy atom. The van der Waals surface area contributed by atoms with Crippen LogP contribution in [0.4, 0.5) is 0 Å². The van der Waals surface area contributed by atoms with Gasteiger partial charge in [0.1, 0.15) is 0 Å². The lowest BCUT2D eigenvalue weighted by molar-refractivity contribution is -0.140. The van der Waals surface area contributed by atoms with Gasteiger partial charge in [-0.3, -0.25) is 0 Å². The number of carboxylic acids is 1. The molecule has 0 saturated carbocycles. The Morgan fingerprint density at radius 3 is 2.70 bits per heavy atom. The summed E-state index contributed by atoms with van der Waals surface area (Å²) in [5.74, 6) is -0.601. The summed E-state index contributed by atoms with van der Waals surface area (Å²) in [6.07, 6.45) is 1.39. The van der Waals surface area contributed by atoms with Crippen LogP contribution >= 0.6 is 0 Å². The molecular weight excluding hydrogens is 136 g/mol. The molecule has 0 aromatic rings. The van der Waals surface area contributed by atoms with Gasteiger partial charge in [-0.25, -0.2) is 4.79 Å². The van der Waals surface area contributed by atoms with Crippen molar-refractivity contribution in [2.45, 2.75) is 6.92 Å². The Bertz CT molecular complexity index is 139. The average Bonchev–Trinajstić information content (AvgIpc) is 1.85. The number of aliphatic hydroxyl groups excluding tert-OH is 1. The first kappa shape index (κ1) is 8.97. The monoisotopic (exact) mass is 146 g/mol. The minimum absolute atomic E-state index is 0.133. The Morgan fingerprint density at radius 1 is 1.70 bits per heavy atom. The predicted molar refractivity (Wildman–Crippen MR) is 34.4 cm³/mol. The summed E-state index contributed by atoms with van der Waals surface area (Å²) in [7, 11) is 0. The number of carboxylic acid groups (broad SMARTS) is 1. The van der Waals surface area contributed by atoms with Crippen LogP contribution in [0.15, 0.2) is 11.8 Å². The fourth-order valence-electron chi connectivity index (χ4n) is 0.363. The fraction of sp³-hybridized carbons (Fsp3) is 0.500. The number of aliphatic hydroxyl groups is 1. The lowest BCUT2D eigenvalue weighted by Gasteiger charge is -2.00. The van der Waals surface area contributed by atoms with Gasteiger partial charge in [-0.1, -0.05) is 0 Å². The highest BCUT2D eigenvalue weighted by Crippen LogP contribution is 1.92. The van der Waals surface area contributed by atoms with Crippen molar-refractivity contribution in [3.63, 3.8) is 0 Å². The van der Waals surface area contributed by atoms with E-state index in [9.17, 15) is 4.79 Å². The molecule has 0 saturated heterocycles. The zero-order valence-electron chi connectivity index (χ0n) is 5.70. The molecule has 0 atom stereocenters. The van der Waals surface area contributed by atoms with Crippen LogP contribution in [0.25, 0.3) is 0 Å². The Hall–Kier alpha value is -1.03. The van der Waals surface area contributed by atoms with Crippen LogP contribution in [-0.2, 0) is 9.53 Å². The molecule has 0 amide bonds. The van der Waals surface area contributed by atoms with E-state index in [1.54, 1.807) is 6.92 Å². The molecule has 0 aliphatic carbocycles. The van der Waals surface area contributed by atoms with Gasteiger partial charge in [-0.2, -0.15) is 0 Å². The number of ether oxygens (including phenoxy) is 1. The third-order valence-electron chi connectivity index (χ3n) is 0.802. The molecule has 0 unspecified atom stereocenters. The molecule has 58 valence electrons. The van der Waals surface area contributed by atoms with Crippen molar-refractivity contribution in [1.82, 2.24) is 0 Å². The highest BCUT2D eigenvalue weighted by Gasteiger charge is 1.95. The van der Waals surface area contributed by atoms with Crippen LogP contribution in [0, 0.1) is 0 Å². The lowest BCUT2D eigenvalue weighted by atomic mass is 10.5. The standard InChI is InChI=1S/C6H10O4/c1-5(2-3-7)10-4-6(8)9/h2,7H,3-4H2,1H3,(H,8,9)/b5-2+. The second-order valence-corrected chi connectivity index (χ2v) is 1.68. The summed E-state index contributed by atoms with van der Waals surface area (Å²) in [5, 5.41) is 16.4. The number of carbonyl (C=O) groups is 1. The van der Waals surface area contributed by atoms with E-state index in [0.717, 1.165) is 0 Å². The van der Waals surface area contributed by atoms with Gasteiger partial charge in [-0.15, -0.1) is 0 Å². The summed E-state index contributed by atoms with van der Waals surface area (Å²) >= 11 is 0. The molecule has 0 spiro atoms. The highest BCUT2D eigenvalue weighted by atomic mass is 16.5. The van der Waals surface area contributed by atoms with E-state index in [-0.39, 0.29) is 13.2 Å². The van der Waals surface area contributed by atoms with E-state index in [1.807, 2.05) is 0 Å². The molecule has 0 aromatic carbocycles. The van der Waals surface area contributed by atoms with E-state index in [0.29, 0.717) is 5.76 Å². The average molecular weight is 146 g/mol. The van der Waals surface area contributed by atoms with Gasteiger partial charge in [0.15, 0.2) is 6.61 Å². The number of allylic oxidation sites excluding steroid dienone is 1. The summed E-state index contributed by atoms with van der Waals surface area (Å²) in [6.45, 7) is 1.09. The second kappa shape index (κ2) is 4.81. The zero-order chi connectivity index (χ0) is 7.98. The summed E-state index contributed by atoms with van der Waals surface area (Å²) in [6, 6.07) is 0.